The number of hydrogen-bond acceptors (Lipinski definition) is 3. The number of aromatic nitrogens is 1. The lowest BCUT2D eigenvalue weighted by Gasteiger charge is -2.34. The second-order valence-electron chi connectivity index (χ2n) is 5.92. The van der Waals surface area contributed by atoms with Crippen molar-refractivity contribution in [3.05, 3.63) is 41.0 Å². The van der Waals surface area contributed by atoms with Crippen molar-refractivity contribution in [1.29, 1.82) is 0 Å². The van der Waals surface area contributed by atoms with Gasteiger partial charge >= 0.3 is 0 Å². The smallest absolute Gasteiger partial charge is 0.256 e. The number of aliphatic hydroxyl groups is 1. The van der Waals surface area contributed by atoms with Crippen LogP contribution in [0, 0.1) is 5.92 Å². The van der Waals surface area contributed by atoms with Crippen molar-refractivity contribution in [3.8, 4) is 0 Å². The van der Waals surface area contributed by atoms with E-state index >= 15 is 0 Å². The number of rotatable bonds is 2. The number of aliphatic hydroxyl groups excluding tert-OH is 1. The molecule has 22 heavy (non-hydrogen) atoms. The Kier molecular flexibility index (Phi) is 4.32. The van der Waals surface area contributed by atoms with E-state index in [9.17, 15) is 9.90 Å². The van der Waals surface area contributed by atoms with Gasteiger partial charge in [0.05, 0.1) is 17.2 Å². The second kappa shape index (κ2) is 6.23. The quantitative estimate of drug-likeness (QED) is 0.925. The van der Waals surface area contributed by atoms with Gasteiger partial charge in [0.25, 0.3) is 5.91 Å². The third-order valence-corrected chi connectivity index (χ3v) is 4.55. The summed E-state index contributed by atoms with van der Waals surface area (Å²) >= 11 is 6.15. The molecule has 0 saturated carbocycles. The molecule has 2 unspecified atom stereocenters. The topological polar surface area (TPSA) is 53.4 Å². The standard InChI is InChI=1S/C17H19ClN2O2/c1-11(21)13-5-3-7-20(10-13)17(22)15-9-14(18)8-12-4-2-6-19-16(12)15/h2,4,6,8-9,11,13,21H,3,5,7,10H2,1H3. The van der Waals surface area contributed by atoms with Gasteiger partial charge in [-0.1, -0.05) is 17.7 Å². The molecule has 1 aliphatic rings. The highest BCUT2D eigenvalue weighted by Crippen LogP contribution is 2.26. The molecule has 0 radical (unpaired) electrons. The minimum absolute atomic E-state index is 0.0587. The molecule has 1 aromatic heterocycles. The van der Waals surface area contributed by atoms with E-state index in [0.717, 1.165) is 18.2 Å². The minimum Gasteiger partial charge on any atom is -0.393 e. The molecule has 1 fully saturated rings. The van der Waals surface area contributed by atoms with Gasteiger partial charge in [-0.15, -0.1) is 0 Å². The van der Waals surface area contributed by atoms with Crippen molar-refractivity contribution in [1.82, 2.24) is 9.88 Å². The summed E-state index contributed by atoms with van der Waals surface area (Å²) in [6.07, 6.45) is 3.15. The average Bonchev–Trinajstić information content (AvgIpc) is 2.53. The van der Waals surface area contributed by atoms with E-state index < -0.39 is 6.10 Å². The van der Waals surface area contributed by atoms with E-state index in [0.29, 0.717) is 29.2 Å². The van der Waals surface area contributed by atoms with Crippen LogP contribution in [0.25, 0.3) is 10.9 Å². The Morgan fingerprint density at radius 1 is 1.50 bits per heavy atom. The molecule has 3 rings (SSSR count). The van der Waals surface area contributed by atoms with E-state index in [1.54, 1.807) is 24.1 Å². The zero-order valence-electron chi connectivity index (χ0n) is 12.5. The van der Waals surface area contributed by atoms with Gasteiger partial charge in [-0.25, -0.2) is 0 Å². The van der Waals surface area contributed by atoms with E-state index in [-0.39, 0.29) is 11.8 Å². The number of benzene rings is 1. The molecule has 2 atom stereocenters. The summed E-state index contributed by atoms with van der Waals surface area (Å²) in [6.45, 7) is 3.08. The first kappa shape index (κ1) is 15.3. The molecule has 2 aromatic rings. The lowest BCUT2D eigenvalue weighted by Crippen LogP contribution is -2.43. The van der Waals surface area contributed by atoms with Crippen LogP contribution in [0.15, 0.2) is 30.5 Å². The molecule has 5 heteroatoms. The SMILES string of the molecule is CC(O)C1CCCN(C(=O)c2cc(Cl)cc3cccnc23)C1. The monoisotopic (exact) mass is 318 g/mol. The summed E-state index contributed by atoms with van der Waals surface area (Å²) in [5.74, 6) is 0.0765. The van der Waals surface area contributed by atoms with Gasteiger partial charge in [0.1, 0.15) is 0 Å². The number of amides is 1. The first-order valence-corrected chi connectivity index (χ1v) is 7.95. The molecule has 0 spiro atoms. The first-order valence-electron chi connectivity index (χ1n) is 7.58. The normalized spacial score (nSPS) is 20.1. The number of likely N-dealkylation sites (tertiary alicyclic amines) is 1. The highest BCUT2D eigenvalue weighted by molar-refractivity contribution is 6.32. The van der Waals surface area contributed by atoms with E-state index in [1.165, 1.54) is 0 Å². The number of nitrogens with zero attached hydrogens (tertiary/aromatic N) is 2. The van der Waals surface area contributed by atoms with Crippen molar-refractivity contribution in [2.45, 2.75) is 25.9 Å². The highest BCUT2D eigenvalue weighted by atomic mass is 35.5. The van der Waals surface area contributed by atoms with Crippen molar-refractivity contribution >= 4 is 28.4 Å². The molecule has 1 saturated heterocycles. The van der Waals surface area contributed by atoms with Crippen LogP contribution in [0.4, 0.5) is 0 Å². The van der Waals surface area contributed by atoms with Gasteiger partial charge in [0, 0.05) is 35.6 Å². The maximum absolute atomic E-state index is 12.9. The van der Waals surface area contributed by atoms with Crippen LogP contribution in [0.2, 0.25) is 5.02 Å². The zero-order valence-corrected chi connectivity index (χ0v) is 13.3. The van der Waals surface area contributed by atoms with Crippen LogP contribution >= 0.6 is 11.6 Å². The Hall–Kier alpha value is -1.65. The van der Waals surface area contributed by atoms with Gasteiger partial charge in [0.2, 0.25) is 0 Å². The molecular formula is C17H19ClN2O2. The fourth-order valence-electron chi connectivity index (χ4n) is 3.08. The number of carbonyl (C=O) groups is 1. The highest BCUT2D eigenvalue weighted by Gasteiger charge is 2.28. The predicted molar refractivity (Wildman–Crippen MR) is 87.1 cm³/mol. The van der Waals surface area contributed by atoms with Crippen LogP contribution < -0.4 is 0 Å². The Morgan fingerprint density at radius 3 is 3.09 bits per heavy atom. The van der Waals surface area contributed by atoms with Crippen LogP contribution in [0.5, 0.6) is 0 Å². The van der Waals surface area contributed by atoms with E-state index in [2.05, 4.69) is 4.98 Å². The van der Waals surface area contributed by atoms with Crippen molar-refractivity contribution in [2.24, 2.45) is 5.92 Å². The van der Waals surface area contributed by atoms with Crippen LogP contribution in [-0.4, -0.2) is 40.1 Å². The number of halogens is 1. The average molecular weight is 319 g/mol. The summed E-state index contributed by atoms with van der Waals surface area (Å²) < 4.78 is 0. The zero-order chi connectivity index (χ0) is 15.7. The number of pyridine rings is 1. The molecule has 116 valence electrons. The lowest BCUT2D eigenvalue weighted by atomic mass is 9.93. The van der Waals surface area contributed by atoms with Crippen LogP contribution in [0.3, 0.4) is 0 Å². The van der Waals surface area contributed by atoms with Crippen molar-refractivity contribution in [2.75, 3.05) is 13.1 Å². The van der Waals surface area contributed by atoms with Crippen LogP contribution in [0.1, 0.15) is 30.1 Å². The van der Waals surface area contributed by atoms with Gasteiger partial charge < -0.3 is 10.0 Å². The summed E-state index contributed by atoms with van der Waals surface area (Å²) in [4.78, 5) is 19.0. The number of fused-ring (bicyclic) bond motifs is 1. The number of hydrogen-bond donors (Lipinski definition) is 1. The summed E-state index contributed by atoms with van der Waals surface area (Å²) in [6, 6.07) is 7.23. The van der Waals surface area contributed by atoms with Gasteiger partial charge in [-0.3, -0.25) is 9.78 Å². The molecule has 2 heterocycles. The summed E-state index contributed by atoms with van der Waals surface area (Å²) in [5, 5.41) is 11.2. The molecule has 0 aliphatic carbocycles. The molecular weight excluding hydrogens is 300 g/mol. The molecule has 4 nitrogen and oxygen atoms in total. The summed E-state index contributed by atoms with van der Waals surface area (Å²) in [5.41, 5.74) is 1.21. The van der Waals surface area contributed by atoms with Gasteiger partial charge in [-0.05, 0) is 38.0 Å². The van der Waals surface area contributed by atoms with Gasteiger partial charge in [-0.2, -0.15) is 0 Å². The first-order chi connectivity index (χ1) is 10.6. The maximum atomic E-state index is 12.9. The molecule has 1 aliphatic heterocycles. The van der Waals surface area contributed by atoms with Crippen molar-refractivity contribution in [3.63, 3.8) is 0 Å². The predicted octanol–water partition coefficient (Wildman–Crippen LogP) is 3.12. The fourth-order valence-corrected chi connectivity index (χ4v) is 3.30. The lowest BCUT2D eigenvalue weighted by molar-refractivity contribution is 0.0467. The minimum atomic E-state index is -0.398. The van der Waals surface area contributed by atoms with E-state index in [4.69, 9.17) is 11.6 Å². The second-order valence-corrected chi connectivity index (χ2v) is 6.36. The molecule has 0 bridgehead atoms. The largest absolute Gasteiger partial charge is 0.393 e. The maximum Gasteiger partial charge on any atom is 0.256 e. The molecule has 1 N–H and O–H groups in total. The Balaban J connectivity index is 1.95. The number of piperidine rings is 1. The molecule has 1 amide bonds. The van der Waals surface area contributed by atoms with Crippen molar-refractivity contribution < 1.29 is 9.90 Å². The van der Waals surface area contributed by atoms with E-state index in [1.807, 2.05) is 18.2 Å². The number of carbonyl (C=O) groups excluding carboxylic acids is 1. The molecule has 1 aromatic carbocycles. The Labute approximate surface area is 134 Å². The Morgan fingerprint density at radius 2 is 2.32 bits per heavy atom. The Bertz CT molecular complexity index is 702. The third-order valence-electron chi connectivity index (χ3n) is 4.33. The fraction of sp³-hybridized carbons (Fsp3) is 0.412. The summed E-state index contributed by atoms with van der Waals surface area (Å²) in [7, 11) is 0. The van der Waals surface area contributed by atoms with Crippen LogP contribution in [-0.2, 0) is 0 Å². The third kappa shape index (κ3) is 2.94. The van der Waals surface area contributed by atoms with Gasteiger partial charge in [0.15, 0.2) is 0 Å².